The van der Waals surface area contributed by atoms with Gasteiger partial charge in [-0.2, -0.15) is 0 Å². The third-order valence-corrected chi connectivity index (χ3v) is 3.81. The maximum absolute atomic E-state index is 11.4. The lowest BCUT2D eigenvalue weighted by Gasteiger charge is -2.08. The molecular formula is C18H17ClN4O. The number of benzene rings is 2. The first-order chi connectivity index (χ1) is 11.7. The van der Waals surface area contributed by atoms with Crippen LogP contribution in [0.1, 0.15) is 24.5 Å². The molecule has 1 amide bonds. The van der Waals surface area contributed by atoms with Gasteiger partial charge in [0.15, 0.2) is 0 Å². The van der Waals surface area contributed by atoms with E-state index < -0.39 is 0 Å². The highest BCUT2D eigenvalue weighted by Gasteiger charge is 2.16. The summed E-state index contributed by atoms with van der Waals surface area (Å²) in [5.74, 6) is 0.469. The van der Waals surface area contributed by atoms with E-state index in [9.17, 15) is 4.79 Å². The van der Waals surface area contributed by atoms with Crippen LogP contribution < -0.4 is 10.9 Å². The summed E-state index contributed by atoms with van der Waals surface area (Å²) in [4.78, 5) is 20.7. The Labute approximate surface area is 145 Å². The minimum absolute atomic E-state index is 0.106. The van der Waals surface area contributed by atoms with Gasteiger partial charge >= 0.3 is 0 Å². The molecule has 0 fully saturated rings. The topological polar surface area (TPSA) is 65.8 Å². The van der Waals surface area contributed by atoms with Crippen LogP contribution >= 0.6 is 11.6 Å². The number of nitrogens with zero attached hydrogens (tertiary/aromatic N) is 2. The first-order valence-electron chi connectivity index (χ1n) is 7.69. The fourth-order valence-electron chi connectivity index (χ4n) is 2.36. The van der Waals surface area contributed by atoms with Crippen molar-refractivity contribution in [3.8, 4) is 0 Å². The van der Waals surface area contributed by atoms with Gasteiger partial charge in [-0.1, -0.05) is 48.9 Å². The summed E-state index contributed by atoms with van der Waals surface area (Å²) in [6, 6.07) is 15.4. The van der Waals surface area contributed by atoms with Crippen LogP contribution in [-0.4, -0.2) is 24.0 Å². The smallest absolute Gasteiger partial charge is 0.238 e. The number of hydrazine groups is 1. The van der Waals surface area contributed by atoms with E-state index in [2.05, 4.69) is 20.8 Å². The molecule has 1 aliphatic rings. The van der Waals surface area contributed by atoms with Crippen LogP contribution in [0.4, 0.5) is 5.69 Å². The van der Waals surface area contributed by atoms with E-state index in [1.165, 1.54) is 0 Å². The van der Waals surface area contributed by atoms with Gasteiger partial charge in [-0.15, -0.1) is 0 Å². The second kappa shape index (κ2) is 7.27. The molecule has 0 aromatic heterocycles. The number of amidine groups is 1. The predicted molar refractivity (Wildman–Crippen MR) is 97.1 cm³/mol. The summed E-state index contributed by atoms with van der Waals surface area (Å²) in [6.07, 6.45) is 0.394. The first kappa shape index (κ1) is 16.2. The molecule has 6 heteroatoms. The summed E-state index contributed by atoms with van der Waals surface area (Å²) in [6.45, 7) is 2.12. The van der Waals surface area contributed by atoms with Crippen molar-refractivity contribution in [1.29, 1.82) is 0 Å². The lowest BCUT2D eigenvalue weighted by Crippen LogP contribution is -2.42. The molecule has 1 heterocycles. The van der Waals surface area contributed by atoms with Gasteiger partial charge < -0.3 is 0 Å². The Morgan fingerprint density at radius 1 is 1.21 bits per heavy atom. The van der Waals surface area contributed by atoms with E-state index in [0.717, 1.165) is 22.5 Å². The number of fused-ring (bicyclic) bond motifs is 1. The fourth-order valence-corrected chi connectivity index (χ4v) is 2.53. The molecule has 0 saturated carbocycles. The van der Waals surface area contributed by atoms with E-state index in [1.54, 1.807) is 13.0 Å². The second-order valence-electron chi connectivity index (χ2n) is 5.28. The van der Waals surface area contributed by atoms with Crippen molar-refractivity contribution >= 4 is 34.7 Å². The van der Waals surface area contributed by atoms with Crippen molar-refractivity contribution in [1.82, 2.24) is 10.9 Å². The molecule has 0 bridgehead atoms. The summed E-state index contributed by atoms with van der Waals surface area (Å²) >= 11 is 6.16. The summed E-state index contributed by atoms with van der Waals surface area (Å²) in [7, 11) is 0. The largest absolute Gasteiger partial charge is 0.284 e. The molecule has 3 rings (SSSR count). The number of nitrogens with one attached hydrogen (secondary N) is 2. The van der Waals surface area contributed by atoms with Gasteiger partial charge in [-0.05, 0) is 18.2 Å². The van der Waals surface area contributed by atoms with Gasteiger partial charge in [0.25, 0.3) is 0 Å². The maximum atomic E-state index is 11.4. The minimum atomic E-state index is -0.106. The Balaban J connectivity index is 1.99. The Bertz CT molecular complexity index is 815. The van der Waals surface area contributed by atoms with Gasteiger partial charge in [0.2, 0.25) is 5.91 Å². The standard InChI is InChI=1S/C18H17ClN4O/c1-2-17(24)23-22-16-11-20-18(12-6-4-3-5-7-12)14-10-13(19)8-9-15(14)21-16/h3-10H,2,11H2,1H3,(H,21,22)(H,23,24). The van der Waals surface area contributed by atoms with Gasteiger partial charge in [0.05, 0.1) is 17.9 Å². The first-order valence-corrected chi connectivity index (χ1v) is 8.07. The number of hydrogen-bond donors (Lipinski definition) is 2. The summed E-state index contributed by atoms with van der Waals surface area (Å²) < 4.78 is 0. The van der Waals surface area contributed by atoms with E-state index in [-0.39, 0.29) is 5.91 Å². The second-order valence-corrected chi connectivity index (χ2v) is 5.71. The number of aliphatic imine (C=N–C) groups is 2. The van der Waals surface area contributed by atoms with Crippen molar-refractivity contribution in [3.05, 3.63) is 64.7 Å². The number of hydrogen-bond acceptors (Lipinski definition) is 4. The number of carbonyl (C=O) groups excluding carboxylic acids is 1. The normalized spacial score (nSPS) is 13.2. The van der Waals surface area contributed by atoms with Crippen LogP contribution in [0.5, 0.6) is 0 Å². The third kappa shape index (κ3) is 3.63. The zero-order valence-corrected chi connectivity index (χ0v) is 14.0. The lowest BCUT2D eigenvalue weighted by atomic mass is 10.0. The lowest BCUT2D eigenvalue weighted by molar-refractivity contribution is -0.121. The number of rotatable bonds is 2. The molecule has 2 aromatic rings. The van der Waals surface area contributed by atoms with Crippen molar-refractivity contribution in [2.24, 2.45) is 9.98 Å². The van der Waals surface area contributed by atoms with Crippen molar-refractivity contribution in [2.45, 2.75) is 13.3 Å². The van der Waals surface area contributed by atoms with Crippen LogP contribution in [0, 0.1) is 0 Å². The van der Waals surface area contributed by atoms with Gasteiger partial charge in [-0.3, -0.25) is 20.6 Å². The van der Waals surface area contributed by atoms with Crippen LogP contribution in [0.2, 0.25) is 5.02 Å². The van der Waals surface area contributed by atoms with Crippen LogP contribution in [0.3, 0.4) is 0 Å². The molecule has 0 unspecified atom stereocenters. The molecule has 0 saturated heterocycles. The monoisotopic (exact) mass is 340 g/mol. The number of amides is 1. The molecular weight excluding hydrogens is 324 g/mol. The Kier molecular flexibility index (Phi) is 4.91. The Hall–Kier alpha value is -2.66. The van der Waals surface area contributed by atoms with E-state index in [4.69, 9.17) is 11.6 Å². The summed E-state index contributed by atoms with van der Waals surface area (Å²) in [5, 5.41) is 0.628. The quantitative estimate of drug-likeness (QED) is 0.824. The molecule has 122 valence electrons. The fraction of sp³-hybridized carbons (Fsp3) is 0.167. The predicted octanol–water partition coefficient (Wildman–Crippen LogP) is 3.25. The van der Waals surface area contributed by atoms with Crippen molar-refractivity contribution in [3.63, 3.8) is 0 Å². The summed E-state index contributed by atoms with van der Waals surface area (Å²) in [5.41, 5.74) is 8.91. The average molecular weight is 341 g/mol. The number of halogens is 1. The van der Waals surface area contributed by atoms with E-state index >= 15 is 0 Å². The van der Waals surface area contributed by atoms with E-state index in [1.807, 2.05) is 42.5 Å². The molecule has 0 aliphatic carbocycles. The Morgan fingerprint density at radius 3 is 2.75 bits per heavy atom. The molecule has 2 aromatic carbocycles. The van der Waals surface area contributed by atoms with Crippen LogP contribution in [0.15, 0.2) is 58.5 Å². The van der Waals surface area contributed by atoms with Gasteiger partial charge in [0, 0.05) is 22.6 Å². The van der Waals surface area contributed by atoms with E-state index in [0.29, 0.717) is 23.8 Å². The molecule has 0 spiro atoms. The highest BCUT2D eigenvalue weighted by molar-refractivity contribution is 6.31. The maximum Gasteiger partial charge on any atom is 0.238 e. The molecule has 0 radical (unpaired) electrons. The highest BCUT2D eigenvalue weighted by Crippen LogP contribution is 2.28. The number of carbonyl (C=O) groups is 1. The molecule has 24 heavy (non-hydrogen) atoms. The van der Waals surface area contributed by atoms with Crippen molar-refractivity contribution in [2.75, 3.05) is 6.54 Å². The molecule has 0 atom stereocenters. The zero-order valence-electron chi connectivity index (χ0n) is 13.2. The highest BCUT2D eigenvalue weighted by atomic mass is 35.5. The molecule has 1 aliphatic heterocycles. The SMILES string of the molecule is CCC(=O)NNC1=Nc2ccc(Cl)cc2C(c2ccccc2)=NC1. The molecule has 5 nitrogen and oxygen atoms in total. The zero-order chi connectivity index (χ0) is 16.9. The van der Waals surface area contributed by atoms with Gasteiger partial charge in [-0.25, -0.2) is 4.99 Å². The Morgan fingerprint density at radius 2 is 2.00 bits per heavy atom. The molecule has 2 N–H and O–H groups in total. The third-order valence-electron chi connectivity index (χ3n) is 3.57. The minimum Gasteiger partial charge on any atom is -0.284 e. The average Bonchev–Trinajstić information content (AvgIpc) is 2.79. The van der Waals surface area contributed by atoms with Gasteiger partial charge in [0.1, 0.15) is 5.84 Å². The van der Waals surface area contributed by atoms with Crippen LogP contribution in [0.25, 0.3) is 0 Å². The van der Waals surface area contributed by atoms with Crippen molar-refractivity contribution < 1.29 is 4.79 Å². The van der Waals surface area contributed by atoms with Crippen LogP contribution in [-0.2, 0) is 4.79 Å².